The van der Waals surface area contributed by atoms with Gasteiger partial charge < -0.3 is 0 Å². The second-order valence-corrected chi connectivity index (χ2v) is 5.92. The second-order valence-electron chi connectivity index (χ2n) is 5.53. The van der Waals surface area contributed by atoms with Gasteiger partial charge in [0, 0.05) is 23.2 Å². The van der Waals surface area contributed by atoms with Crippen LogP contribution in [0.4, 0.5) is 0 Å². The van der Waals surface area contributed by atoms with Gasteiger partial charge in [-0.25, -0.2) is 9.97 Å². The van der Waals surface area contributed by atoms with E-state index in [1.807, 2.05) is 12.3 Å². The lowest BCUT2D eigenvalue weighted by Gasteiger charge is -2.15. The number of hydrogen-bond donors (Lipinski definition) is 0. The summed E-state index contributed by atoms with van der Waals surface area (Å²) in [6.07, 6.45) is 7.19. The van der Waals surface area contributed by atoms with Crippen LogP contribution in [0.2, 0.25) is 5.15 Å². The van der Waals surface area contributed by atoms with Gasteiger partial charge in [0.15, 0.2) is 0 Å². The van der Waals surface area contributed by atoms with Crippen molar-refractivity contribution in [2.75, 3.05) is 0 Å². The standard InChI is InChI=1S/C16H15ClN4/c1-10-6-13(20-14-9-18-16(17)7-11(10)14)12-8-19-21-5-3-2-4-15(12)21/h6-9H,2-5H2,1H3. The molecule has 3 aromatic rings. The molecule has 0 atom stereocenters. The predicted octanol–water partition coefficient (Wildman–Crippen LogP) is 3.79. The minimum Gasteiger partial charge on any atom is -0.269 e. The summed E-state index contributed by atoms with van der Waals surface area (Å²) in [5.41, 5.74) is 5.47. The highest BCUT2D eigenvalue weighted by atomic mass is 35.5. The molecule has 0 unspecified atom stereocenters. The Balaban J connectivity index is 1.91. The van der Waals surface area contributed by atoms with E-state index in [0.29, 0.717) is 5.15 Å². The molecule has 0 aliphatic carbocycles. The summed E-state index contributed by atoms with van der Waals surface area (Å²) in [6.45, 7) is 3.10. The lowest BCUT2D eigenvalue weighted by atomic mass is 10.0. The number of rotatable bonds is 1. The number of nitrogens with zero attached hydrogens (tertiary/aromatic N) is 4. The molecular weight excluding hydrogens is 284 g/mol. The van der Waals surface area contributed by atoms with Crippen molar-refractivity contribution < 1.29 is 0 Å². The first-order valence-corrected chi connectivity index (χ1v) is 7.58. The van der Waals surface area contributed by atoms with E-state index < -0.39 is 0 Å². The van der Waals surface area contributed by atoms with Gasteiger partial charge in [0.2, 0.25) is 0 Å². The fourth-order valence-electron chi connectivity index (χ4n) is 3.05. The fourth-order valence-corrected chi connectivity index (χ4v) is 3.20. The van der Waals surface area contributed by atoms with E-state index in [4.69, 9.17) is 16.6 Å². The molecule has 1 aliphatic rings. The molecule has 0 N–H and O–H groups in total. The molecule has 0 bridgehead atoms. The SMILES string of the molecule is Cc1cc(-c2cnn3c2CCCC3)nc2cnc(Cl)cc12. The number of pyridine rings is 2. The van der Waals surface area contributed by atoms with Gasteiger partial charge in [-0.1, -0.05) is 11.6 Å². The van der Waals surface area contributed by atoms with E-state index in [2.05, 4.69) is 27.8 Å². The Kier molecular flexibility index (Phi) is 2.93. The summed E-state index contributed by atoms with van der Waals surface area (Å²) in [5, 5.41) is 6.06. The smallest absolute Gasteiger partial charge is 0.129 e. The van der Waals surface area contributed by atoms with Crippen LogP contribution in [0.3, 0.4) is 0 Å². The summed E-state index contributed by atoms with van der Waals surface area (Å²) < 4.78 is 2.11. The van der Waals surface area contributed by atoms with E-state index in [-0.39, 0.29) is 0 Å². The largest absolute Gasteiger partial charge is 0.269 e. The summed E-state index contributed by atoms with van der Waals surface area (Å²) in [5.74, 6) is 0. The first-order valence-electron chi connectivity index (χ1n) is 7.20. The van der Waals surface area contributed by atoms with Crippen LogP contribution in [-0.2, 0) is 13.0 Å². The van der Waals surface area contributed by atoms with Crippen molar-refractivity contribution in [2.45, 2.75) is 32.7 Å². The van der Waals surface area contributed by atoms with Crippen LogP contribution in [0, 0.1) is 6.92 Å². The molecule has 3 aromatic heterocycles. The monoisotopic (exact) mass is 298 g/mol. The molecule has 0 saturated heterocycles. The number of hydrogen-bond acceptors (Lipinski definition) is 3. The number of aromatic nitrogens is 4. The average Bonchev–Trinajstić information content (AvgIpc) is 2.92. The van der Waals surface area contributed by atoms with Gasteiger partial charge in [0.25, 0.3) is 0 Å². The number of fused-ring (bicyclic) bond motifs is 2. The zero-order valence-electron chi connectivity index (χ0n) is 11.8. The Bertz CT molecular complexity index is 838. The predicted molar refractivity (Wildman–Crippen MR) is 83.4 cm³/mol. The molecule has 0 amide bonds. The molecule has 1 aliphatic heterocycles. The van der Waals surface area contributed by atoms with Crippen LogP contribution in [-0.4, -0.2) is 19.7 Å². The maximum Gasteiger partial charge on any atom is 0.129 e. The molecule has 0 saturated carbocycles. The lowest BCUT2D eigenvalue weighted by Crippen LogP contribution is -2.11. The summed E-state index contributed by atoms with van der Waals surface area (Å²) in [4.78, 5) is 8.89. The molecule has 106 valence electrons. The summed E-state index contributed by atoms with van der Waals surface area (Å²) in [7, 11) is 0. The van der Waals surface area contributed by atoms with Crippen LogP contribution in [0.5, 0.6) is 0 Å². The van der Waals surface area contributed by atoms with Crippen molar-refractivity contribution in [1.82, 2.24) is 19.7 Å². The zero-order chi connectivity index (χ0) is 14.4. The molecular formula is C16H15ClN4. The number of halogens is 1. The molecule has 21 heavy (non-hydrogen) atoms. The molecule has 5 heteroatoms. The van der Waals surface area contributed by atoms with Crippen molar-refractivity contribution in [3.63, 3.8) is 0 Å². The van der Waals surface area contributed by atoms with Gasteiger partial charge in [-0.2, -0.15) is 5.10 Å². The molecule has 0 fully saturated rings. The first-order chi connectivity index (χ1) is 10.2. The Labute approximate surface area is 127 Å². The summed E-state index contributed by atoms with van der Waals surface area (Å²) in [6, 6.07) is 3.99. The van der Waals surface area contributed by atoms with Gasteiger partial charge >= 0.3 is 0 Å². The van der Waals surface area contributed by atoms with Gasteiger partial charge in [0.1, 0.15) is 5.15 Å². The van der Waals surface area contributed by atoms with Crippen LogP contribution >= 0.6 is 11.6 Å². The highest BCUT2D eigenvalue weighted by Crippen LogP contribution is 2.29. The Morgan fingerprint density at radius 3 is 3.00 bits per heavy atom. The zero-order valence-corrected chi connectivity index (χ0v) is 12.6. The molecule has 0 radical (unpaired) electrons. The van der Waals surface area contributed by atoms with Gasteiger partial charge in [-0.3, -0.25) is 4.68 Å². The Hall–Kier alpha value is -1.94. The topological polar surface area (TPSA) is 43.6 Å². The van der Waals surface area contributed by atoms with Crippen molar-refractivity contribution >= 4 is 22.5 Å². The van der Waals surface area contributed by atoms with Crippen LogP contribution in [0.25, 0.3) is 22.2 Å². The van der Waals surface area contributed by atoms with Gasteiger partial charge in [-0.05, 0) is 43.9 Å². The quantitative estimate of drug-likeness (QED) is 0.642. The van der Waals surface area contributed by atoms with Crippen molar-refractivity contribution in [3.8, 4) is 11.3 Å². The first kappa shape index (κ1) is 12.8. The maximum absolute atomic E-state index is 5.97. The van der Waals surface area contributed by atoms with Gasteiger partial charge in [-0.15, -0.1) is 0 Å². The molecule has 4 rings (SSSR count). The van der Waals surface area contributed by atoms with Crippen LogP contribution < -0.4 is 0 Å². The van der Waals surface area contributed by atoms with Crippen molar-refractivity contribution in [3.05, 3.63) is 40.9 Å². The minimum absolute atomic E-state index is 0.503. The van der Waals surface area contributed by atoms with Gasteiger partial charge in [0.05, 0.1) is 23.6 Å². The summed E-state index contributed by atoms with van der Waals surface area (Å²) >= 11 is 5.97. The highest BCUT2D eigenvalue weighted by molar-refractivity contribution is 6.30. The lowest BCUT2D eigenvalue weighted by molar-refractivity contribution is 0.487. The normalized spacial score (nSPS) is 14.4. The third-order valence-electron chi connectivity index (χ3n) is 4.13. The van der Waals surface area contributed by atoms with Crippen LogP contribution in [0.15, 0.2) is 24.5 Å². The molecule has 0 aromatic carbocycles. The van der Waals surface area contributed by atoms with E-state index in [9.17, 15) is 0 Å². The minimum atomic E-state index is 0.503. The third-order valence-corrected chi connectivity index (χ3v) is 4.33. The number of aryl methyl sites for hydroxylation is 2. The van der Waals surface area contributed by atoms with Crippen molar-refractivity contribution in [1.29, 1.82) is 0 Å². The molecule has 0 spiro atoms. The van der Waals surface area contributed by atoms with Crippen LogP contribution in [0.1, 0.15) is 24.1 Å². The van der Waals surface area contributed by atoms with Crippen molar-refractivity contribution in [2.24, 2.45) is 0 Å². The van der Waals surface area contributed by atoms with E-state index in [1.165, 1.54) is 18.5 Å². The van der Waals surface area contributed by atoms with E-state index in [1.54, 1.807) is 6.20 Å². The maximum atomic E-state index is 5.97. The average molecular weight is 299 g/mol. The highest BCUT2D eigenvalue weighted by Gasteiger charge is 2.17. The fraction of sp³-hybridized carbons (Fsp3) is 0.312. The Morgan fingerprint density at radius 1 is 1.19 bits per heavy atom. The van der Waals surface area contributed by atoms with E-state index >= 15 is 0 Å². The van der Waals surface area contributed by atoms with E-state index in [0.717, 1.165) is 40.7 Å². The molecule has 4 nitrogen and oxygen atoms in total. The Morgan fingerprint density at radius 2 is 2.10 bits per heavy atom. The second kappa shape index (κ2) is 4.81. The third kappa shape index (κ3) is 2.10. The molecule has 4 heterocycles.